The minimum absolute atomic E-state index is 0.106. The molecule has 0 saturated carbocycles. The zero-order valence-electron chi connectivity index (χ0n) is 25.9. The number of alkyl carbamates (subject to hydrolysis) is 1. The molecule has 3 aliphatic rings. The summed E-state index contributed by atoms with van der Waals surface area (Å²) in [6.45, 7) is 4.73. The largest absolute Gasteiger partial charge is 0.453 e. The Hall–Kier alpha value is -2.77. The molecule has 0 radical (unpaired) electrons. The number of fused-ring (bicyclic) bond motifs is 2. The third-order valence-electron chi connectivity index (χ3n) is 9.32. The summed E-state index contributed by atoms with van der Waals surface area (Å²) in [6.07, 6.45) is 1.55. The molecule has 6 atom stereocenters. The van der Waals surface area contributed by atoms with Crippen LogP contribution in [0.3, 0.4) is 0 Å². The normalized spacial score (nSPS) is 30.0. The Kier molecular flexibility index (Phi) is 10.4. The van der Waals surface area contributed by atoms with Crippen molar-refractivity contribution in [3.63, 3.8) is 0 Å². The summed E-state index contributed by atoms with van der Waals surface area (Å²) in [5, 5.41) is 9.65. The van der Waals surface area contributed by atoms with Crippen molar-refractivity contribution in [2.75, 3.05) is 31.3 Å². The average Bonchev–Trinajstić information content (AvgIpc) is 3.10. The molecule has 3 saturated heterocycles. The first kappa shape index (κ1) is 33.6. The minimum Gasteiger partial charge on any atom is -0.453 e. The SMILES string of the molecule is COC(=O)NC(C(=O)Nc1cccc(F)c1CCC1CNC2CCCS(=O)(=O)N1C2)C1(c2ccc(Cl)cc2)CC(C)OC(C)C1. The summed E-state index contributed by atoms with van der Waals surface area (Å²) in [6, 6.07) is 10.3. The summed E-state index contributed by atoms with van der Waals surface area (Å²) >= 11 is 6.21. The number of hydrogen-bond acceptors (Lipinski definition) is 7. The van der Waals surface area contributed by atoms with Gasteiger partial charge in [-0.3, -0.25) is 4.79 Å². The number of piperazine rings is 1. The van der Waals surface area contributed by atoms with E-state index in [1.54, 1.807) is 22.5 Å². The van der Waals surface area contributed by atoms with E-state index < -0.39 is 39.3 Å². The molecule has 6 unspecified atom stereocenters. The third kappa shape index (κ3) is 7.46. The van der Waals surface area contributed by atoms with Gasteiger partial charge in [-0.1, -0.05) is 29.8 Å². The molecule has 10 nitrogen and oxygen atoms in total. The molecular formula is C32H42ClFN4O6S. The second-order valence-corrected chi connectivity index (χ2v) is 15.0. The minimum atomic E-state index is -3.41. The van der Waals surface area contributed by atoms with Crippen LogP contribution in [0.1, 0.15) is 57.1 Å². The molecule has 3 fully saturated rings. The summed E-state index contributed by atoms with van der Waals surface area (Å²) in [4.78, 5) is 27.0. The molecule has 2 aromatic rings. The number of hydrogen-bond donors (Lipinski definition) is 3. The van der Waals surface area contributed by atoms with Crippen LogP contribution < -0.4 is 16.0 Å². The Labute approximate surface area is 269 Å². The highest BCUT2D eigenvalue weighted by molar-refractivity contribution is 7.89. The van der Waals surface area contributed by atoms with Crippen molar-refractivity contribution in [2.24, 2.45) is 0 Å². The molecule has 5 rings (SSSR count). The lowest BCUT2D eigenvalue weighted by Crippen LogP contribution is -2.60. The lowest BCUT2D eigenvalue weighted by molar-refractivity contribution is -0.124. The molecule has 3 N–H and O–H groups in total. The highest BCUT2D eigenvalue weighted by Gasteiger charge is 2.50. The van der Waals surface area contributed by atoms with Gasteiger partial charge in [0.05, 0.1) is 25.1 Å². The number of ether oxygens (including phenoxy) is 2. The molecule has 45 heavy (non-hydrogen) atoms. The van der Waals surface area contributed by atoms with Crippen LogP contribution >= 0.6 is 11.6 Å². The maximum Gasteiger partial charge on any atom is 0.407 e. The van der Waals surface area contributed by atoms with Crippen molar-refractivity contribution in [1.29, 1.82) is 0 Å². The van der Waals surface area contributed by atoms with Gasteiger partial charge in [0.15, 0.2) is 0 Å². The number of nitrogens with one attached hydrogen (secondary N) is 3. The van der Waals surface area contributed by atoms with Crippen molar-refractivity contribution in [1.82, 2.24) is 14.9 Å². The Balaban J connectivity index is 1.44. The van der Waals surface area contributed by atoms with Crippen LogP contribution in [0.4, 0.5) is 14.9 Å². The molecule has 3 heterocycles. The van der Waals surface area contributed by atoms with Crippen LogP contribution in [0, 0.1) is 5.82 Å². The lowest BCUT2D eigenvalue weighted by Gasteiger charge is -2.47. The van der Waals surface area contributed by atoms with E-state index in [1.807, 2.05) is 26.0 Å². The van der Waals surface area contributed by atoms with Crippen molar-refractivity contribution < 1.29 is 31.9 Å². The highest BCUT2D eigenvalue weighted by Crippen LogP contribution is 2.43. The van der Waals surface area contributed by atoms with Gasteiger partial charge >= 0.3 is 6.09 Å². The second-order valence-electron chi connectivity index (χ2n) is 12.5. The zero-order chi connectivity index (χ0) is 32.4. The van der Waals surface area contributed by atoms with Gasteiger partial charge in [0, 0.05) is 46.9 Å². The molecule has 246 valence electrons. The molecule has 13 heteroatoms. The van der Waals surface area contributed by atoms with Gasteiger partial charge < -0.3 is 25.4 Å². The van der Waals surface area contributed by atoms with Crippen molar-refractivity contribution >= 4 is 39.3 Å². The maximum absolute atomic E-state index is 15.4. The Morgan fingerprint density at radius 1 is 1.18 bits per heavy atom. The van der Waals surface area contributed by atoms with E-state index in [9.17, 15) is 18.0 Å². The number of nitrogens with zero attached hydrogens (tertiary/aromatic N) is 1. The molecule has 2 aromatic carbocycles. The predicted octanol–water partition coefficient (Wildman–Crippen LogP) is 4.37. The standard InChI is InChI=1S/C32H42ClFN4O6S/c1-20-16-32(17-21(2)44-20,22-9-11-23(33)12-10-22)29(37-31(40)43-3)30(39)36-28-8-4-7-27(34)26(28)14-13-25-18-35-24-6-5-15-45(41,42)38(25)19-24/h4,7-12,20-21,24-25,29,35H,5-6,13-19H2,1-3H3,(H,36,39)(H,37,40). The third-order valence-corrected chi connectivity index (χ3v) is 11.5. The van der Waals surface area contributed by atoms with E-state index in [1.165, 1.54) is 19.2 Å². The van der Waals surface area contributed by atoms with E-state index in [4.69, 9.17) is 21.1 Å². The Bertz CT molecular complexity index is 1480. The molecule has 2 amide bonds. The van der Waals surface area contributed by atoms with Gasteiger partial charge in [0.25, 0.3) is 0 Å². The maximum atomic E-state index is 15.4. The summed E-state index contributed by atoms with van der Waals surface area (Å²) in [7, 11) is -2.18. The number of carbonyl (C=O) groups excluding carboxylic acids is 2. The Morgan fingerprint density at radius 2 is 1.89 bits per heavy atom. The summed E-state index contributed by atoms with van der Waals surface area (Å²) in [5.74, 6) is -0.943. The number of carbonyl (C=O) groups is 2. The van der Waals surface area contributed by atoms with Crippen LogP contribution in [0.15, 0.2) is 42.5 Å². The van der Waals surface area contributed by atoms with Gasteiger partial charge in [-0.2, -0.15) is 4.31 Å². The number of benzene rings is 2. The van der Waals surface area contributed by atoms with Crippen LogP contribution in [-0.2, 0) is 36.1 Å². The Morgan fingerprint density at radius 3 is 2.58 bits per heavy atom. The number of sulfonamides is 1. The van der Waals surface area contributed by atoms with Crippen LogP contribution in [0.5, 0.6) is 0 Å². The number of halogens is 2. The lowest BCUT2D eigenvalue weighted by atomic mass is 9.65. The average molecular weight is 665 g/mol. The fraction of sp³-hybridized carbons (Fsp3) is 0.562. The quantitative estimate of drug-likeness (QED) is 0.383. The summed E-state index contributed by atoms with van der Waals surface area (Å²) < 4.78 is 53.9. The van der Waals surface area contributed by atoms with Gasteiger partial charge in [-0.15, -0.1) is 0 Å². The smallest absolute Gasteiger partial charge is 0.407 e. The molecule has 0 aromatic heterocycles. The van der Waals surface area contributed by atoms with Gasteiger partial charge in [-0.25, -0.2) is 17.6 Å². The van der Waals surface area contributed by atoms with E-state index >= 15 is 4.39 Å². The topological polar surface area (TPSA) is 126 Å². The first-order valence-electron chi connectivity index (χ1n) is 15.5. The van der Waals surface area contributed by atoms with E-state index in [0.29, 0.717) is 43.8 Å². The first-order chi connectivity index (χ1) is 21.4. The van der Waals surface area contributed by atoms with Crippen molar-refractivity contribution in [3.05, 3.63) is 64.4 Å². The van der Waals surface area contributed by atoms with E-state index in [0.717, 1.165) is 12.0 Å². The molecular weight excluding hydrogens is 623 g/mol. The molecule has 3 aliphatic heterocycles. The first-order valence-corrected chi connectivity index (χ1v) is 17.5. The van der Waals surface area contributed by atoms with Crippen LogP contribution in [0.25, 0.3) is 0 Å². The fourth-order valence-corrected chi connectivity index (χ4v) is 9.28. The highest BCUT2D eigenvalue weighted by atomic mass is 35.5. The van der Waals surface area contributed by atoms with Gasteiger partial charge in [0.1, 0.15) is 11.9 Å². The summed E-state index contributed by atoms with van der Waals surface area (Å²) in [5.41, 5.74) is 0.424. The molecule has 0 aliphatic carbocycles. The number of amides is 2. The monoisotopic (exact) mass is 664 g/mol. The number of methoxy groups -OCH3 is 1. The van der Waals surface area contributed by atoms with Crippen LogP contribution in [-0.4, -0.2) is 81.0 Å². The molecule has 0 spiro atoms. The number of rotatable bonds is 8. The molecule has 2 bridgehead atoms. The second kappa shape index (κ2) is 13.9. The van der Waals surface area contributed by atoms with E-state index in [2.05, 4.69) is 16.0 Å². The van der Waals surface area contributed by atoms with Crippen molar-refractivity contribution in [3.8, 4) is 0 Å². The van der Waals surface area contributed by atoms with Gasteiger partial charge in [0.2, 0.25) is 15.9 Å². The van der Waals surface area contributed by atoms with E-state index in [-0.39, 0.29) is 47.7 Å². The van der Waals surface area contributed by atoms with Gasteiger partial charge in [-0.05, 0) is 82.2 Å². The zero-order valence-corrected chi connectivity index (χ0v) is 27.4. The fourth-order valence-electron chi connectivity index (χ4n) is 7.34. The van der Waals surface area contributed by atoms with Crippen molar-refractivity contribution in [2.45, 2.75) is 88.1 Å². The number of anilines is 1. The van der Waals surface area contributed by atoms with Crippen LogP contribution in [0.2, 0.25) is 5.02 Å². The predicted molar refractivity (Wildman–Crippen MR) is 170 cm³/mol.